The van der Waals surface area contributed by atoms with Crippen LogP contribution in [0, 0.1) is 5.92 Å². The molecule has 0 saturated carbocycles. The maximum Gasteiger partial charge on any atom is 0.409 e. The first-order chi connectivity index (χ1) is 20.1. The minimum atomic E-state index is -0.314. The molecule has 4 aromatic rings. The van der Waals surface area contributed by atoms with E-state index in [9.17, 15) is 9.59 Å². The van der Waals surface area contributed by atoms with Gasteiger partial charge in [-0.15, -0.1) is 11.3 Å². The molecule has 0 aliphatic carbocycles. The molecule has 11 heteroatoms. The predicted octanol–water partition coefficient (Wildman–Crippen LogP) is 5.06. The third-order valence-electron chi connectivity index (χ3n) is 7.39. The summed E-state index contributed by atoms with van der Waals surface area (Å²) in [6.07, 6.45) is 4.52. The van der Waals surface area contributed by atoms with Gasteiger partial charge >= 0.3 is 6.09 Å². The van der Waals surface area contributed by atoms with E-state index in [0.29, 0.717) is 57.3 Å². The fraction of sp³-hybridized carbons (Fsp3) is 0.367. The molecule has 3 aromatic heterocycles. The molecule has 10 nitrogen and oxygen atoms in total. The Hall–Kier alpha value is -4.09. The van der Waals surface area contributed by atoms with Crippen molar-refractivity contribution in [1.29, 1.82) is 0 Å². The Balaban J connectivity index is 1.25. The van der Waals surface area contributed by atoms with Crippen molar-refractivity contribution in [2.24, 2.45) is 5.92 Å². The van der Waals surface area contributed by atoms with Crippen LogP contribution in [0.2, 0.25) is 0 Å². The van der Waals surface area contributed by atoms with Crippen LogP contribution in [0.4, 0.5) is 16.3 Å². The molecule has 0 spiro atoms. The van der Waals surface area contributed by atoms with Crippen LogP contribution in [0.5, 0.6) is 0 Å². The number of carbonyl (C=O) groups excluding carboxylic acids is 2. The summed E-state index contributed by atoms with van der Waals surface area (Å²) in [5.74, 6) is 1.29. The summed E-state index contributed by atoms with van der Waals surface area (Å²) in [4.78, 5) is 44.4. The zero-order chi connectivity index (χ0) is 28.2. The van der Waals surface area contributed by atoms with Crippen molar-refractivity contribution in [3.8, 4) is 21.8 Å². The summed E-state index contributed by atoms with van der Waals surface area (Å²) >= 11 is 1.67. The summed E-state index contributed by atoms with van der Waals surface area (Å²) in [6.45, 7) is 5.99. The minimum absolute atomic E-state index is 0.0463. The molecule has 5 heterocycles. The summed E-state index contributed by atoms with van der Waals surface area (Å²) in [6, 6.07) is 13.8. The van der Waals surface area contributed by atoms with E-state index >= 15 is 0 Å². The Morgan fingerprint density at radius 3 is 2.61 bits per heavy atom. The lowest BCUT2D eigenvalue weighted by Gasteiger charge is -2.30. The molecule has 212 valence electrons. The number of amides is 2. The fourth-order valence-electron chi connectivity index (χ4n) is 5.20. The van der Waals surface area contributed by atoms with E-state index in [-0.39, 0.29) is 17.9 Å². The van der Waals surface area contributed by atoms with Gasteiger partial charge in [0.2, 0.25) is 5.91 Å². The number of morpholine rings is 1. The lowest BCUT2D eigenvalue weighted by molar-refractivity contribution is -0.121. The number of aromatic nitrogens is 3. The second-order valence-corrected chi connectivity index (χ2v) is 11.1. The van der Waals surface area contributed by atoms with Crippen molar-refractivity contribution in [2.45, 2.75) is 19.8 Å². The maximum absolute atomic E-state index is 13.1. The molecule has 0 unspecified atom stereocenters. The topological polar surface area (TPSA) is 110 Å². The molecule has 2 aliphatic rings. The van der Waals surface area contributed by atoms with Gasteiger partial charge in [-0.25, -0.2) is 14.8 Å². The van der Waals surface area contributed by atoms with Gasteiger partial charge in [-0.2, -0.15) is 0 Å². The van der Waals surface area contributed by atoms with Gasteiger partial charge in [0.05, 0.1) is 30.0 Å². The first-order valence-electron chi connectivity index (χ1n) is 14.0. The lowest BCUT2D eigenvalue weighted by atomic mass is 9.96. The first kappa shape index (κ1) is 27.1. The van der Waals surface area contributed by atoms with E-state index in [2.05, 4.69) is 21.3 Å². The standard InChI is InChI=1S/C30H32N6O4S/c1-2-40-30(38)36-11-8-20(9-12-36)29(37)32-23-7-3-5-21(17-23)27-33-24-18-25(22-6-4-10-31-19-22)41-26(24)28(34-27)35-13-15-39-16-14-35/h3-7,10,17-20H,2,8-9,11-16H2,1H3,(H,32,37). The molecule has 0 atom stereocenters. The fourth-order valence-corrected chi connectivity index (χ4v) is 6.31. The SMILES string of the molecule is CCOC(=O)N1CCC(C(=O)Nc2cccc(-c3nc(N4CCOCC4)c4sc(-c5cccnc5)cc4n3)c2)CC1. The number of ether oxygens (including phenoxy) is 2. The molecule has 0 bridgehead atoms. The van der Waals surface area contributed by atoms with E-state index in [1.807, 2.05) is 42.6 Å². The molecule has 2 saturated heterocycles. The van der Waals surface area contributed by atoms with E-state index in [4.69, 9.17) is 19.4 Å². The van der Waals surface area contributed by atoms with Crippen LogP contribution in [-0.4, -0.2) is 77.9 Å². The Bertz CT molecular complexity index is 1530. The number of nitrogens with zero attached hydrogens (tertiary/aromatic N) is 5. The highest BCUT2D eigenvalue weighted by Gasteiger charge is 2.28. The van der Waals surface area contributed by atoms with Gasteiger partial charge in [-0.1, -0.05) is 18.2 Å². The molecule has 6 rings (SSSR count). The molecule has 0 radical (unpaired) electrons. The number of carbonyl (C=O) groups is 2. The van der Waals surface area contributed by atoms with Gasteiger partial charge in [0.15, 0.2) is 11.6 Å². The van der Waals surface area contributed by atoms with Gasteiger partial charge in [0, 0.05) is 66.2 Å². The molecule has 1 N–H and O–H groups in total. The molecule has 1 aromatic carbocycles. The third kappa shape index (κ3) is 6.01. The summed E-state index contributed by atoms with van der Waals surface area (Å²) in [7, 11) is 0. The van der Waals surface area contributed by atoms with Crippen LogP contribution in [0.1, 0.15) is 19.8 Å². The Kier molecular flexibility index (Phi) is 8.06. The normalized spacial score (nSPS) is 16.1. The highest BCUT2D eigenvalue weighted by Crippen LogP contribution is 2.38. The van der Waals surface area contributed by atoms with Crippen molar-refractivity contribution in [1.82, 2.24) is 19.9 Å². The Labute approximate surface area is 242 Å². The maximum atomic E-state index is 13.1. The van der Waals surface area contributed by atoms with Crippen LogP contribution in [-0.2, 0) is 14.3 Å². The van der Waals surface area contributed by atoms with Crippen LogP contribution < -0.4 is 10.2 Å². The summed E-state index contributed by atoms with van der Waals surface area (Å²) in [5.41, 5.74) is 3.44. The molecule has 2 amide bonds. The number of piperidine rings is 1. The second-order valence-electron chi connectivity index (χ2n) is 10.1. The smallest absolute Gasteiger partial charge is 0.409 e. The Morgan fingerprint density at radius 1 is 1.05 bits per heavy atom. The molecular formula is C30H32N6O4S. The highest BCUT2D eigenvalue weighted by molar-refractivity contribution is 7.22. The zero-order valence-electron chi connectivity index (χ0n) is 22.9. The number of anilines is 2. The highest BCUT2D eigenvalue weighted by atomic mass is 32.1. The Morgan fingerprint density at radius 2 is 1.85 bits per heavy atom. The number of thiophene rings is 1. The van der Waals surface area contributed by atoms with Crippen molar-refractivity contribution in [3.05, 3.63) is 54.9 Å². The van der Waals surface area contributed by atoms with E-state index < -0.39 is 0 Å². The number of pyridine rings is 1. The summed E-state index contributed by atoms with van der Waals surface area (Å²) < 4.78 is 11.7. The lowest BCUT2D eigenvalue weighted by Crippen LogP contribution is -2.41. The van der Waals surface area contributed by atoms with Gasteiger partial charge in [-0.05, 0) is 44.0 Å². The average Bonchev–Trinajstić information content (AvgIpc) is 3.46. The molecule has 2 fully saturated rings. The number of likely N-dealkylation sites (tertiary alicyclic amines) is 1. The first-order valence-corrected chi connectivity index (χ1v) is 14.8. The van der Waals surface area contributed by atoms with Crippen LogP contribution >= 0.6 is 11.3 Å². The van der Waals surface area contributed by atoms with Crippen LogP contribution in [0.3, 0.4) is 0 Å². The van der Waals surface area contributed by atoms with Gasteiger partial charge in [0.1, 0.15) is 0 Å². The molecular weight excluding hydrogens is 540 g/mol. The zero-order valence-corrected chi connectivity index (χ0v) is 23.7. The van der Waals surface area contributed by atoms with Crippen LogP contribution in [0.25, 0.3) is 32.0 Å². The number of fused-ring (bicyclic) bond motifs is 1. The van der Waals surface area contributed by atoms with Gasteiger partial charge in [0.25, 0.3) is 0 Å². The number of hydrogen-bond donors (Lipinski definition) is 1. The van der Waals surface area contributed by atoms with Crippen molar-refractivity contribution in [2.75, 3.05) is 56.2 Å². The average molecular weight is 573 g/mol. The van der Waals surface area contributed by atoms with Crippen molar-refractivity contribution in [3.63, 3.8) is 0 Å². The van der Waals surface area contributed by atoms with Gasteiger partial charge in [-0.3, -0.25) is 9.78 Å². The second kappa shape index (κ2) is 12.2. The summed E-state index contributed by atoms with van der Waals surface area (Å²) in [5, 5.41) is 3.07. The van der Waals surface area contributed by atoms with E-state index in [1.54, 1.807) is 29.4 Å². The minimum Gasteiger partial charge on any atom is -0.450 e. The number of rotatable bonds is 6. The third-order valence-corrected chi connectivity index (χ3v) is 8.56. The predicted molar refractivity (Wildman–Crippen MR) is 159 cm³/mol. The van der Waals surface area contributed by atoms with Gasteiger partial charge < -0.3 is 24.6 Å². The number of hydrogen-bond acceptors (Lipinski definition) is 9. The number of benzene rings is 1. The largest absolute Gasteiger partial charge is 0.450 e. The molecule has 2 aliphatic heterocycles. The number of nitrogens with one attached hydrogen (secondary N) is 1. The van der Waals surface area contributed by atoms with E-state index in [1.165, 1.54) is 0 Å². The van der Waals surface area contributed by atoms with Crippen molar-refractivity contribution < 1.29 is 19.1 Å². The van der Waals surface area contributed by atoms with Crippen molar-refractivity contribution >= 4 is 45.1 Å². The monoisotopic (exact) mass is 572 g/mol. The van der Waals surface area contributed by atoms with E-state index in [0.717, 1.165) is 45.1 Å². The van der Waals surface area contributed by atoms with Crippen LogP contribution in [0.15, 0.2) is 54.9 Å². The quantitative estimate of drug-likeness (QED) is 0.341. The molecule has 41 heavy (non-hydrogen) atoms.